The van der Waals surface area contributed by atoms with Crippen LogP contribution in [0, 0.1) is 5.41 Å². The summed E-state index contributed by atoms with van der Waals surface area (Å²) in [4.78, 5) is 0. The van der Waals surface area contributed by atoms with E-state index >= 15 is 0 Å². The van der Waals surface area contributed by atoms with Gasteiger partial charge in [0.15, 0.2) is 0 Å². The highest BCUT2D eigenvalue weighted by Gasteiger charge is 2.29. The minimum atomic E-state index is 0.374. The summed E-state index contributed by atoms with van der Waals surface area (Å²) in [7, 11) is 0. The van der Waals surface area contributed by atoms with Crippen LogP contribution in [0.4, 0.5) is 0 Å². The lowest BCUT2D eigenvalue weighted by Gasteiger charge is -2.35. The molecule has 1 atom stereocenters. The topological polar surface area (TPSA) is 26.0 Å². The molecule has 0 heterocycles. The van der Waals surface area contributed by atoms with Crippen LogP contribution < -0.4 is 5.73 Å². The zero-order chi connectivity index (χ0) is 19.5. The van der Waals surface area contributed by atoms with Gasteiger partial charge in [-0.3, -0.25) is 0 Å². The molecule has 0 aliphatic rings. The number of hydrogen-bond donors (Lipinski definition) is 1. The second-order valence-corrected chi connectivity index (χ2v) is 9.12. The van der Waals surface area contributed by atoms with Crippen molar-refractivity contribution in [1.29, 1.82) is 0 Å². The van der Waals surface area contributed by atoms with Crippen molar-refractivity contribution in [2.45, 2.75) is 156 Å². The number of nitrogens with two attached hydrogens (primary N) is 1. The summed E-state index contributed by atoms with van der Waals surface area (Å²) < 4.78 is 0. The van der Waals surface area contributed by atoms with E-state index in [9.17, 15) is 0 Å². The first-order valence-electron chi connectivity index (χ1n) is 12.4. The SMILES string of the molecule is CCCCCCCCCCC(C)(CCCCCCCCCC)C(N)CC. The van der Waals surface area contributed by atoms with Crippen LogP contribution in [0.15, 0.2) is 0 Å². The third-order valence-electron chi connectivity index (χ3n) is 6.54. The Labute approximate surface area is 167 Å². The third-order valence-corrected chi connectivity index (χ3v) is 6.54. The van der Waals surface area contributed by atoms with Gasteiger partial charge in [-0.05, 0) is 24.7 Å². The molecule has 0 fully saturated rings. The Morgan fingerprint density at radius 2 is 0.846 bits per heavy atom. The lowest BCUT2D eigenvalue weighted by atomic mass is 9.73. The molecule has 0 aliphatic heterocycles. The van der Waals surface area contributed by atoms with Crippen LogP contribution in [-0.2, 0) is 0 Å². The first-order valence-corrected chi connectivity index (χ1v) is 12.4. The fourth-order valence-corrected chi connectivity index (χ4v) is 4.31. The number of hydrogen-bond acceptors (Lipinski definition) is 1. The number of rotatable bonds is 20. The fourth-order valence-electron chi connectivity index (χ4n) is 4.31. The van der Waals surface area contributed by atoms with Crippen LogP contribution in [-0.4, -0.2) is 6.04 Å². The molecular formula is C25H53N. The molecule has 0 aromatic rings. The molecule has 0 aromatic heterocycles. The summed E-state index contributed by atoms with van der Waals surface area (Å²) >= 11 is 0. The first-order chi connectivity index (χ1) is 12.6. The van der Waals surface area contributed by atoms with Gasteiger partial charge in [-0.15, -0.1) is 0 Å². The van der Waals surface area contributed by atoms with Gasteiger partial charge in [0, 0.05) is 6.04 Å². The minimum Gasteiger partial charge on any atom is -0.327 e. The molecule has 2 N–H and O–H groups in total. The Morgan fingerprint density at radius 3 is 1.15 bits per heavy atom. The Kier molecular flexibility index (Phi) is 18.3. The van der Waals surface area contributed by atoms with Crippen LogP contribution in [0.1, 0.15) is 150 Å². The Morgan fingerprint density at radius 1 is 0.538 bits per heavy atom. The Balaban J connectivity index is 3.86. The van der Waals surface area contributed by atoms with Crippen molar-refractivity contribution in [3.8, 4) is 0 Å². The second-order valence-electron chi connectivity index (χ2n) is 9.12. The van der Waals surface area contributed by atoms with Crippen LogP contribution in [0.2, 0.25) is 0 Å². The molecule has 1 unspecified atom stereocenters. The van der Waals surface area contributed by atoms with Crippen molar-refractivity contribution in [2.24, 2.45) is 11.1 Å². The van der Waals surface area contributed by atoms with E-state index < -0.39 is 0 Å². The van der Waals surface area contributed by atoms with Gasteiger partial charge in [-0.1, -0.05) is 130 Å². The number of unbranched alkanes of at least 4 members (excludes halogenated alkanes) is 14. The summed E-state index contributed by atoms with van der Waals surface area (Å²) in [6.45, 7) is 9.34. The molecule has 26 heavy (non-hydrogen) atoms. The van der Waals surface area contributed by atoms with Gasteiger partial charge >= 0.3 is 0 Å². The van der Waals surface area contributed by atoms with Crippen molar-refractivity contribution in [3.63, 3.8) is 0 Å². The third kappa shape index (κ3) is 14.1. The predicted molar refractivity (Wildman–Crippen MR) is 121 cm³/mol. The molecule has 0 radical (unpaired) electrons. The summed E-state index contributed by atoms with van der Waals surface area (Å²) in [6.07, 6.45) is 26.4. The highest BCUT2D eigenvalue weighted by molar-refractivity contribution is 4.84. The Bertz CT molecular complexity index is 253. The second kappa shape index (κ2) is 18.3. The normalized spacial score (nSPS) is 13.3. The highest BCUT2D eigenvalue weighted by Crippen LogP contribution is 2.35. The van der Waals surface area contributed by atoms with Gasteiger partial charge in [0.25, 0.3) is 0 Å². The molecule has 0 saturated heterocycles. The average Bonchev–Trinajstić information content (AvgIpc) is 2.65. The average molecular weight is 368 g/mol. The molecule has 0 aromatic carbocycles. The largest absolute Gasteiger partial charge is 0.327 e. The summed E-state index contributed by atoms with van der Waals surface area (Å²) in [5, 5.41) is 0. The van der Waals surface area contributed by atoms with Crippen molar-refractivity contribution in [1.82, 2.24) is 0 Å². The lowest BCUT2D eigenvalue weighted by Crippen LogP contribution is -2.39. The predicted octanol–water partition coefficient (Wildman–Crippen LogP) is 8.79. The van der Waals surface area contributed by atoms with Gasteiger partial charge in [0.1, 0.15) is 0 Å². The van der Waals surface area contributed by atoms with Crippen molar-refractivity contribution in [2.75, 3.05) is 0 Å². The van der Waals surface area contributed by atoms with E-state index in [0.717, 1.165) is 6.42 Å². The molecule has 1 nitrogen and oxygen atoms in total. The maximum absolute atomic E-state index is 6.54. The zero-order valence-corrected chi connectivity index (χ0v) is 19.1. The molecule has 1 heteroatoms. The van der Waals surface area contributed by atoms with E-state index in [1.807, 2.05) is 0 Å². The quantitative estimate of drug-likeness (QED) is 0.214. The smallest absolute Gasteiger partial charge is 0.00902 e. The summed E-state index contributed by atoms with van der Waals surface area (Å²) in [5.41, 5.74) is 6.92. The minimum absolute atomic E-state index is 0.374. The molecule has 0 rings (SSSR count). The van der Waals surface area contributed by atoms with Crippen LogP contribution in [0.5, 0.6) is 0 Å². The van der Waals surface area contributed by atoms with Crippen LogP contribution >= 0.6 is 0 Å². The monoisotopic (exact) mass is 367 g/mol. The lowest BCUT2D eigenvalue weighted by molar-refractivity contribution is 0.193. The van der Waals surface area contributed by atoms with Crippen LogP contribution in [0.3, 0.4) is 0 Å². The summed E-state index contributed by atoms with van der Waals surface area (Å²) in [6, 6.07) is 0.386. The molecule has 0 amide bonds. The maximum atomic E-state index is 6.54. The van der Waals surface area contributed by atoms with Gasteiger partial charge in [-0.25, -0.2) is 0 Å². The standard InChI is InChI=1S/C25H53N/c1-5-8-10-12-14-16-18-20-22-25(4,24(26)7-3)23-21-19-17-15-13-11-9-6-2/h24H,5-23,26H2,1-4H3. The van der Waals surface area contributed by atoms with Gasteiger partial charge in [0.05, 0.1) is 0 Å². The molecule has 0 aliphatic carbocycles. The Hall–Kier alpha value is -0.0400. The molecular weight excluding hydrogens is 314 g/mol. The van der Waals surface area contributed by atoms with E-state index in [1.165, 1.54) is 116 Å². The van der Waals surface area contributed by atoms with Gasteiger partial charge < -0.3 is 5.73 Å². The van der Waals surface area contributed by atoms with E-state index in [2.05, 4.69) is 27.7 Å². The van der Waals surface area contributed by atoms with Crippen molar-refractivity contribution < 1.29 is 0 Å². The first kappa shape index (κ1) is 26.0. The fraction of sp³-hybridized carbons (Fsp3) is 1.00. The van der Waals surface area contributed by atoms with E-state index in [-0.39, 0.29) is 0 Å². The maximum Gasteiger partial charge on any atom is 0.00902 e. The van der Waals surface area contributed by atoms with E-state index in [4.69, 9.17) is 5.73 Å². The molecule has 0 saturated carbocycles. The van der Waals surface area contributed by atoms with E-state index in [1.54, 1.807) is 0 Å². The molecule has 158 valence electrons. The van der Waals surface area contributed by atoms with Crippen molar-refractivity contribution >= 4 is 0 Å². The van der Waals surface area contributed by atoms with Gasteiger partial charge in [-0.2, -0.15) is 0 Å². The molecule has 0 bridgehead atoms. The van der Waals surface area contributed by atoms with Crippen molar-refractivity contribution in [3.05, 3.63) is 0 Å². The van der Waals surface area contributed by atoms with E-state index in [0.29, 0.717) is 11.5 Å². The van der Waals surface area contributed by atoms with Crippen LogP contribution in [0.25, 0.3) is 0 Å². The summed E-state index contributed by atoms with van der Waals surface area (Å²) in [5.74, 6) is 0. The molecule has 0 spiro atoms. The van der Waals surface area contributed by atoms with Gasteiger partial charge in [0.2, 0.25) is 0 Å². The zero-order valence-electron chi connectivity index (χ0n) is 19.1. The highest BCUT2D eigenvalue weighted by atomic mass is 14.7.